The molecule has 1 aliphatic heterocycles. The molecule has 158 valence electrons. The van der Waals surface area contributed by atoms with Crippen LogP contribution in [0.2, 0.25) is 0 Å². The lowest BCUT2D eigenvalue weighted by atomic mass is 9.92. The maximum atomic E-state index is 13.0. The molecule has 1 saturated heterocycles. The van der Waals surface area contributed by atoms with Crippen LogP contribution in [0.15, 0.2) is 54.2 Å². The predicted octanol–water partition coefficient (Wildman–Crippen LogP) is 3.23. The van der Waals surface area contributed by atoms with Gasteiger partial charge in [0.1, 0.15) is 11.4 Å². The van der Waals surface area contributed by atoms with Gasteiger partial charge in [0.15, 0.2) is 11.6 Å². The number of benzene rings is 1. The zero-order chi connectivity index (χ0) is 21.9. The highest BCUT2D eigenvalue weighted by Gasteiger charge is 2.37. The molecule has 7 nitrogen and oxygen atoms in total. The lowest BCUT2D eigenvalue weighted by molar-refractivity contribution is -0.137. The topological polar surface area (TPSA) is 76.9 Å². The molecule has 0 atom stereocenters. The normalized spacial score (nSPS) is 14.8. The van der Waals surface area contributed by atoms with Crippen LogP contribution in [0.5, 0.6) is 11.6 Å². The van der Waals surface area contributed by atoms with Gasteiger partial charge in [-0.25, -0.2) is 9.37 Å². The Morgan fingerprint density at radius 1 is 1.23 bits per heavy atom. The van der Waals surface area contributed by atoms with Crippen molar-refractivity contribution in [3.8, 4) is 11.6 Å². The second kappa shape index (κ2) is 8.47. The van der Waals surface area contributed by atoms with Crippen LogP contribution in [-0.4, -0.2) is 46.7 Å². The number of halogens is 4. The highest BCUT2D eigenvalue weighted by Crippen LogP contribution is 2.30. The highest BCUT2D eigenvalue weighted by molar-refractivity contribution is 6.02. The minimum absolute atomic E-state index is 0.0701. The summed E-state index contributed by atoms with van der Waals surface area (Å²) in [6.07, 6.45) is -1.69. The van der Waals surface area contributed by atoms with Crippen LogP contribution in [0.3, 0.4) is 0 Å². The van der Waals surface area contributed by atoms with Crippen molar-refractivity contribution in [1.29, 1.82) is 0 Å². The molecule has 1 fully saturated rings. The third-order valence-corrected chi connectivity index (χ3v) is 4.30. The number of nitrogens with zero attached hydrogens (tertiary/aromatic N) is 4. The fourth-order valence-corrected chi connectivity index (χ4v) is 2.70. The minimum Gasteiger partial charge on any atom is -0.480 e. The van der Waals surface area contributed by atoms with Gasteiger partial charge in [-0.15, -0.1) is 0 Å². The molecule has 0 N–H and O–H groups in total. The summed E-state index contributed by atoms with van der Waals surface area (Å²) in [6.45, 7) is 3.25. The van der Waals surface area contributed by atoms with Crippen LogP contribution in [-0.2, 0) is 11.0 Å². The van der Waals surface area contributed by atoms with E-state index in [1.807, 2.05) is 0 Å². The van der Waals surface area contributed by atoms with Crippen molar-refractivity contribution >= 4 is 11.6 Å². The Balaban J connectivity index is 1.82. The Bertz CT molecular complexity index is 970. The number of ether oxygens (including phenoxy) is 1. The van der Waals surface area contributed by atoms with Crippen LogP contribution in [0, 0.1) is 5.92 Å². The zero-order valence-corrected chi connectivity index (χ0v) is 15.7. The first kappa shape index (κ1) is 21.2. The first-order valence-electron chi connectivity index (χ1n) is 8.61. The third-order valence-electron chi connectivity index (χ3n) is 4.30. The Kier molecular flexibility index (Phi) is 5.99. The van der Waals surface area contributed by atoms with Gasteiger partial charge in [0, 0.05) is 19.0 Å². The van der Waals surface area contributed by atoms with E-state index in [2.05, 4.69) is 21.7 Å². The maximum Gasteiger partial charge on any atom is 0.416 e. The molecule has 1 aromatic carbocycles. The fourth-order valence-electron chi connectivity index (χ4n) is 2.70. The molecular formula is C19H16F4N4O3. The smallest absolute Gasteiger partial charge is 0.416 e. The SMILES string of the molecule is C=C(F)C(=O)N1CC(C(=NOc2ccc(C(F)(F)F)cc2)c2cncc(OC)n2)C1. The van der Waals surface area contributed by atoms with Gasteiger partial charge in [0.05, 0.1) is 25.1 Å². The van der Waals surface area contributed by atoms with E-state index in [1.165, 1.54) is 24.4 Å². The summed E-state index contributed by atoms with van der Waals surface area (Å²) in [6, 6.07) is 3.99. The standard InChI is InChI=1S/C19H16F4N4O3/c1-11(20)18(28)27-9-12(10-27)17(15-7-24-8-16(25-15)29-2)26-30-14-5-3-13(4-6-14)19(21,22)23/h3-8,12H,1,9-10H2,2H3. The van der Waals surface area contributed by atoms with Gasteiger partial charge in [0.25, 0.3) is 5.91 Å². The van der Waals surface area contributed by atoms with Crippen molar-refractivity contribution < 1.29 is 31.9 Å². The number of hydrogen-bond acceptors (Lipinski definition) is 6. The number of carbonyl (C=O) groups excluding carboxylic acids is 1. The number of aromatic nitrogens is 2. The van der Waals surface area contributed by atoms with Gasteiger partial charge in [-0.3, -0.25) is 9.78 Å². The summed E-state index contributed by atoms with van der Waals surface area (Å²) in [4.78, 5) is 26.4. The van der Waals surface area contributed by atoms with E-state index in [1.54, 1.807) is 0 Å². The van der Waals surface area contributed by atoms with Crippen LogP contribution in [0.4, 0.5) is 17.6 Å². The van der Waals surface area contributed by atoms with E-state index in [9.17, 15) is 22.4 Å². The summed E-state index contributed by atoms with van der Waals surface area (Å²) in [5.41, 5.74) is -0.246. The van der Waals surface area contributed by atoms with Gasteiger partial charge in [-0.05, 0) is 24.3 Å². The Morgan fingerprint density at radius 2 is 1.90 bits per heavy atom. The van der Waals surface area contributed by atoms with Crippen molar-refractivity contribution in [2.75, 3.05) is 20.2 Å². The summed E-state index contributed by atoms with van der Waals surface area (Å²) in [5.74, 6) is -1.98. The van der Waals surface area contributed by atoms with Crippen molar-refractivity contribution in [1.82, 2.24) is 14.9 Å². The predicted molar refractivity (Wildman–Crippen MR) is 97.5 cm³/mol. The van der Waals surface area contributed by atoms with Gasteiger partial charge in [-0.2, -0.15) is 13.2 Å². The van der Waals surface area contributed by atoms with E-state index in [0.29, 0.717) is 0 Å². The van der Waals surface area contributed by atoms with E-state index >= 15 is 0 Å². The lowest BCUT2D eigenvalue weighted by Crippen LogP contribution is -2.53. The molecule has 11 heteroatoms. The second-order valence-electron chi connectivity index (χ2n) is 6.35. The van der Waals surface area contributed by atoms with Gasteiger partial charge in [0.2, 0.25) is 5.88 Å². The number of oxime groups is 1. The van der Waals surface area contributed by atoms with Crippen molar-refractivity contribution in [2.45, 2.75) is 6.18 Å². The zero-order valence-electron chi connectivity index (χ0n) is 15.7. The second-order valence-corrected chi connectivity index (χ2v) is 6.35. The van der Waals surface area contributed by atoms with Gasteiger partial charge < -0.3 is 14.5 Å². The number of amides is 1. The summed E-state index contributed by atoms with van der Waals surface area (Å²) >= 11 is 0. The number of carbonyl (C=O) groups is 1. The largest absolute Gasteiger partial charge is 0.480 e. The highest BCUT2D eigenvalue weighted by atomic mass is 19.4. The van der Waals surface area contributed by atoms with Crippen molar-refractivity contribution in [3.63, 3.8) is 0 Å². The number of rotatable bonds is 6. The van der Waals surface area contributed by atoms with Gasteiger partial charge in [-0.1, -0.05) is 11.7 Å². The number of likely N-dealkylation sites (tertiary alicyclic amines) is 1. The fraction of sp³-hybridized carbons (Fsp3) is 0.263. The molecule has 1 amide bonds. The lowest BCUT2D eigenvalue weighted by Gasteiger charge is -2.38. The van der Waals surface area contributed by atoms with Crippen LogP contribution in [0.25, 0.3) is 0 Å². The quantitative estimate of drug-likeness (QED) is 0.308. The molecule has 2 aromatic rings. The number of methoxy groups -OCH3 is 1. The molecule has 0 aliphatic carbocycles. The monoisotopic (exact) mass is 424 g/mol. The summed E-state index contributed by atoms with van der Waals surface area (Å²) in [5, 5.41) is 4.02. The Labute approximate surface area is 168 Å². The Morgan fingerprint density at radius 3 is 2.47 bits per heavy atom. The average molecular weight is 424 g/mol. The van der Waals surface area contributed by atoms with Gasteiger partial charge >= 0.3 is 6.18 Å². The van der Waals surface area contributed by atoms with Crippen molar-refractivity contribution in [3.05, 3.63) is 60.3 Å². The first-order valence-corrected chi connectivity index (χ1v) is 8.61. The maximum absolute atomic E-state index is 13.0. The molecule has 0 bridgehead atoms. The molecule has 0 spiro atoms. The van der Waals surface area contributed by atoms with E-state index < -0.39 is 23.5 Å². The number of alkyl halides is 3. The molecule has 2 heterocycles. The van der Waals surface area contributed by atoms with Crippen LogP contribution < -0.4 is 9.57 Å². The van der Waals surface area contributed by atoms with E-state index in [0.717, 1.165) is 24.3 Å². The summed E-state index contributed by atoms with van der Waals surface area (Å²) < 4.78 is 56.1. The molecule has 0 saturated carbocycles. The minimum atomic E-state index is -4.47. The van der Waals surface area contributed by atoms with Crippen LogP contribution in [0.1, 0.15) is 11.3 Å². The average Bonchev–Trinajstić information content (AvgIpc) is 2.68. The molecule has 0 unspecified atom stereocenters. The first-order chi connectivity index (χ1) is 14.2. The molecule has 3 rings (SSSR count). The van der Waals surface area contributed by atoms with Crippen LogP contribution >= 0.6 is 0 Å². The molecule has 1 aliphatic rings. The van der Waals surface area contributed by atoms with Crippen molar-refractivity contribution in [2.24, 2.45) is 11.1 Å². The summed E-state index contributed by atoms with van der Waals surface area (Å²) in [7, 11) is 1.40. The molecule has 0 radical (unpaired) electrons. The molecule has 1 aromatic heterocycles. The van der Waals surface area contributed by atoms with E-state index in [-0.39, 0.29) is 42.0 Å². The number of hydrogen-bond donors (Lipinski definition) is 0. The molecule has 30 heavy (non-hydrogen) atoms. The third kappa shape index (κ3) is 4.73. The van der Waals surface area contributed by atoms with E-state index in [4.69, 9.17) is 9.57 Å². The Hall–Kier alpha value is -3.50. The molecular weight excluding hydrogens is 408 g/mol.